The van der Waals surface area contributed by atoms with Gasteiger partial charge in [-0.2, -0.15) is 0 Å². The summed E-state index contributed by atoms with van der Waals surface area (Å²) < 4.78 is 1.95. The molecule has 32 heavy (non-hydrogen) atoms. The third kappa shape index (κ3) is 3.18. The van der Waals surface area contributed by atoms with E-state index in [-0.39, 0.29) is 22.9 Å². The zero-order valence-electron chi connectivity index (χ0n) is 18.2. The summed E-state index contributed by atoms with van der Waals surface area (Å²) in [5, 5.41) is 6.71. The predicted molar refractivity (Wildman–Crippen MR) is 119 cm³/mol. The fraction of sp³-hybridized carbons (Fsp3) is 0.440. The molecule has 3 aromatic heterocycles. The smallest absolute Gasteiger partial charge is 0.271 e. The number of hydrogen-bond acceptors (Lipinski definition) is 4. The Balaban J connectivity index is 1.26. The standard InChI is InChI=1S/C25H27N5O2/c1-16-5-4-7-21-27-20(14-30(16)21)23(32)29-25-12-17-9-18(13-25)11-24(10-17,15-25)28-22(31)19-6-2-3-8-26-19/h2-8,14,17-18H,9-13,15H2,1H3,(H,28,31)(H,29,32). The molecule has 3 heterocycles. The molecular formula is C25H27N5O2. The highest BCUT2D eigenvalue weighted by Crippen LogP contribution is 2.57. The molecule has 7 heteroatoms. The summed E-state index contributed by atoms with van der Waals surface area (Å²) in [5.74, 6) is 0.791. The lowest BCUT2D eigenvalue weighted by Crippen LogP contribution is -2.69. The average molecular weight is 430 g/mol. The van der Waals surface area contributed by atoms with Gasteiger partial charge in [0.05, 0.1) is 0 Å². The van der Waals surface area contributed by atoms with Crippen molar-refractivity contribution in [1.82, 2.24) is 25.0 Å². The molecule has 4 bridgehead atoms. The maximum atomic E-state index is 13.3. The van der Waals surface area contributed by atoms with E-state index in [0.29, 0.717) is 23.2 Å². The van der Waals surface area contributed by atoms with Crippen LogP contribution in [0, 0.1) is 18.8 Å². The minimum absolute atomic E-state index is 0.121. The van der Waals surface area contributed by atoms with Gasteiger partial charge in [0.15, 0.2) is 0 Å². The van der Waals surface area contributed by atoms with Crippen LogP contribution in [0.3, 0.4) is 0 Å². The molecule has 2 N–H and O–H groups in total. The second-order valence-electron chi connectivity index (χ2n) is 10.2. The molecule has 4 fully saturated rings. The fourth-order valence-electron chi connectivity index (χ4n) is 6.92. The Morgan fingerprint density at radius 3 is 2.25 bits per heavy atom. The first-order valence-electron chi connectivity index (χ1n) is 11.4. The van der Waals surface area contributed by atoms with Crippen molar-refractivity contribution in [3.8, 4) is 0 Å². The number of carbonyl (C=O) groups excluding carboxylic acids is 2. The van der Waals surface area contributed by atoms with Gasteiger partial charge in [0.2, 0.25) is 0 Å². The number of fused-ring (bicyclic) bond motifs is 1. The number of nitrogens with zero attached hydrogens (tertiary/aromatic N) is 3. The molecule has 2 unspecified atom stereocenters. The molecule has 2 atom stereocenters. The van der Waals surface area contributed by atoms with Crippen LogP contribution >= 0.6 is 0 Å². The summed E-state index contributed by atoms with van der Waals surface area (Å²) in [6, 6.07) is 11.3. The SMILES string of the molecule is Cc1cccc2nc(C(=O)NC34CC5CC(CC(NC(=O)c6ccccn6)(C5)C3)C4)cn12. The van der Waals surface area contributed by atoms with E-state index < -0.39 is 0 Å². The summed E-state index contributed by atoms with van der Waals surface area (Å²) in [6.45, 7) is 2.00. The molecule has 7 rings (SSSR count). The Morgan fingerprint density at radius 1 is 0.938 bits per heavy atom. The van der Waals surface area contributed by atoms with Crippen LogP contribution in [0.2, 0.25) is 0 Å². The second-order valence-corrected chi connectivity index (χ2v) is 10.2. The Labute approximate surface area is 186 Å². The van der Waals surface area contributed by atoms with Crippen LogP contribution in [0.15, 0.2) is 48.8 Å². The van der Waals surface area contributed by atoms with Crippen LogP contribution in [0.25, 0.3) is 5.65 Å². The van der Waals surface area contributed by atoms with Gasteiger partial charge in [-0.3, -0.25) is 14.6 Å². The molecule has 0 aliphatic heterocycles. The molecule has 164 valence electrons. The maximum Gasteiger partial charge on any atom is 0.271 e. The van der Waals surface area contributed by atoms with E-state index in [0.717, 1.165) is 43.4 Å². The van der Waals surface area contributed by atoms with E-state index in [1.54, 1.807) is 12.3 Å². The molecule has 3 aromatic rings. The highest BCUT2D eigenvalue weighted by molar-refractivity contribution is 5.94. The zero-order chi connectivity index (χ0) is 21.9. The number of aromatic nitrogens is 3. The van der Waals surface area contributed by atoms with E-state index in [9.17, 15) is 9.59 Å². The Bertz CT molecular complexity index is 1200. The molecular weight excluding hydrogens is 402 g/mol. The summed E-state index contributed by atoms with van der Waals surface area (Å²) in [6.07, 6.45) is 9.33. The third-order valence-electron chi connectivity index (χ3n) is 7.64. The van der Waals surface area contributed by atoms with Gasteiger partial charge in [0, 0.05) is 29.2 Å². The van der Waals surface area contributed by atoms with Gasteiger partial charge in [-0.05, 0) is 81.5 Å². The number of aryl methyl sites for hydroxylation is 1. The highest BCUT2D eigenvalue weighted by Gasteiger charge is 2.58. The minimum Gasteiger partial charge on any atom is -0.345 e. The molecule has 0 spiro atoms. The molecule has 0 radical (unpaired) electrons. The number of carbonyl (C=O) groups is 2. The van der Waals surface area contributed by atoms with Gasteiger partial charge in [-0.15, -0.1) is 0 Å². The first-order chi connectivity index (χ1) is 15.4. The zero-order valence-corrected chi connectivity index (χ0v) is 18.2. The van der Waals surface area contributed by atoms with E-state index in [1.165, 1.54) is 6.42 Å². The Kier molecular flexibility index (Phi) is 4.19. The first kappa shape index (κ1) is 19.5. The van der Waals surface area contributed by atoms with Crippen molar-refractivity contribution in [2.45, 2.75) is 56.5 Å². The van der Waals surface area contributed by atoms with E-state index >= 15 is 0 Å². The Morgan fingerprint density at radius 2 is 1.62 bits per heavy atom. The maximum absolute atomic E-state index is 13.3. The number of amides is 2. The fourth-order valence-corrected chi connectivity index (χ4v) is 6.92. The van der Waals surface area contributed by atoms with Crippen molar-refractivity contribution < 1.29 is 9.59 Å². The lowest BCUT2D eigenvalue weighted by molar-refractivity contribution is -0.0449. The number of imidazole rings is 1. The molecule has 2 amide bonds. The van der Waals surface area contributed by atoms with Crippen molar-refractivity contribution in [2.24, 2.45) is 11.8 Å². The lowest BCUT2D eigenvalue weighted by Gasteiger charge is -2.62. The topological polar surface area (TPSA) is 88.4 Å². The summed E-state index contributed by atoms with van der Waals surface area (Å²) in [5.41, 5.74) is 2.15. The van der Waals surface area contributed by atoms with Crippen LogP contribution in [0.4, 0.5) is 0 Å². The van der Waals surface area contributed by atoms with Crippen molar-refractivity contribution in [3.63, 3.8) is 0 Å². The quantitative estimate of drug-likeness (QED) is 0.666. The van der Waals surface area contributed by atoms with E-state index in [2.05, 4.69) is 20.6 Å². The molecule has 4 saturated carbocycles. The van der Waals surface area contributed by atoms with Crippen molar-refractivity contribution in [1.29, 1.82) is 0 Å². The number of nitrogens with one attached hydrogen (secondary N) is 2. The molecule has 4 aliphatic rings. The molecule has 0 saturated heterocycles. The van der Waals surface area contributed by atoms with Gasteiger partial charge in [0.25, 0.3) is 11.8 Å². The van der Waals surface area contributed by atoms with Crippen molar-refractivity contribution in [2.75, 3.05) is 0 Å². The van der Waals surface area contributed by atoms with Gasteiger partial charge in [-0.1, -0.05) is 12.1 Å². The van der Waals surface area contributed by atoms with Crippen molar-refractivity contribution in [3.05, 3.63) is 65.9 Å². The van der Waals surface area contributed by atoms with Crippen LogP contribution in [0.5, 0.6) is 0 Å². The second kappa shape index (κ2) is 6.89. The Hall–Kier alpha value is -3.22. The van der Waals surface area contributed by atoms with Crippen LogP contribution in [0.1, 0.15) is 65.2 Å². The van der Waals surface area contributed by atoms with E-state index in [1.807, 2.05) is 47.9 Å². The van der Waals surface area contributed by atoms with Gasteiger partial charge < -0.3 is 15.0 Å². The largest absolute Gasteiger partial charge is 0.345 e. The predicted octanol–water partition coefficient (Wildman–Crippen LogP) is 3.29. The van der Waals surface area contributed by atoms with Crippen LogP contribution in [-0.4, -0.2) is 37.3 Å². The summed E-state index contributed by atoms with van der Waals surface area (Å²) >= 11 is 0. The lowest BCUT2D eigenvalue weighted by atomic mass is 9.49. The van der Waals surface area contributed by atoms with Crippen LogP contribution in [-0.2, 0) is 0 Å². The molecule has 0 aromatic carbocycles. The number of pyridine rings is 2. The summed E-state index contributed by atoms with van der Waals surface area (Å²) in [4.78, 5) is 35.0. The average Bonchev–Trinajstić information content (AvgIpc) is 3.19. The third-order valence-corrected chi connectivity index (χ3v) is 7.64. The highest BCUT2D eigenvalue weighted by atomic mass is 16.2. The molecule has 7 nitrogen and oxygen atoms in total. The van der Waals surface area contributed by atoms with Gasteiger partial charge in [-0.25, -0.2) is 4.98 Å². The first-order valence-corrected chi connectivity index (χ1v) is 11.4. The van der Waals surface area contributed by atoms with Gasteiger partial charge in [0.1, 0.15) is 17.0 Å². The summed E-state index contributed by atoms with van der Waals surface area (Å²) in [7, 11) is 0. The number of rotatable bonds is 4. The number of hydrogen-bond donors (Lipinski definition) is 2. The van der Waals surface area contributed by atoms with Gasteiger partial charge >= 0.3 is 0 Å². The normalized spacial score (nSPS) is 30.4. The van der Waals surface area contributed by atoms with Crippen molar-refractivity contribution >= 4 is 17.5 Å². The van der Waals surface area contributed by atoms with E-state index in [4.69, 9.17) is 0 Å². The monoisotopic (exact) mass is 429 g/mol. The van der Waals surface area contributed by atoms with Crippen LogP contribution < -0.4 is 10.6 Å². The minimum atomic E-state index is -0.288. The molecule has 4 aliphatic carbocycles.